The van der Waals surface area contributed by atoms with Gasteiger partial charge in [0.2, 0.25) is 0 Å². The first-order valence-electron chi connectivity index (χ1n) is 5.40. The summed E-state index contributed by atoms with van der Waals surface area (Å²) in [5.41, 5.74) is -1.22. The summed E-state index contributed by atoms with van der Waals surface area (Å²) in [7, 11) is 0. The highest BCUT2D eigenvalue weighted by Gasteiger charge is 2.33. The van der Waals surface area contributed by atoms with Gasteiger partial charge < -0.3 is 5.32 Å². The molecule has 102 valence electrons. The smallest absolute Gasteiger partial charge is 0.340 e. The molecule has 0 saturated carbocycles. The third-order valence-electron chi connectivity index (χ3n) is 2.45. The summed E-state index contributed by atoms with van der Waals surface area (Å²) >= 11 is 5.66. The van der Waals surface area contributed by atoms with Crippen LogP contribution in [0.2, 0.25) is 5.02 Å². The maximum absolute atomic E-state index is 12.8. The van der Waals surface area contributed by atoms with Crippen LogP contribution in [-0.4, -0.2) is 4.98 Å². The quantitative estimate of drug-likeness (QED) is 0.895. The summed E-state index contributed by atoms with van der Waals surface area (Å²) in [6.45, 7) is 0. The van der Waals surface area contributed by atoms with Crippen LogP contribution in [0.4, 0.5) is 24.7 Å². The van der Waals surface area contributed by atoms with E-state index in [1.165, 1.54) is 24.4 Å². The number of hydrogen-bond donors (Lipinski definition) is 1. The molecule has 0 fully saturated rings. The van der Waals surface area contributed by atoms with Gasteiger partial charge in [0.25, 0.3) is 0 Å². The average Bonchev–Trinajstić information content (AvgIpc) is 2.40. The Morgan fingerprint density at radius 1 is 1.20 bits per heavy atom. The zero-order valence-corrected chi connectivity index (χ0v) is 10.6. The number of benzene rings is 1. The van der Waals surface area contributed by atoms with Crippen LogP contribution in [0.25, 0.3) is 0 Å². The monoisotopic (exact) mass is 297 g/mol. The van der Waals surface area contributed by atoms with Gasteiger partial charge in [-0.1, -0.05) is 11.6 Å². The van der Waals surface area contributed by atoms with Gasteiger partial charge in [-0.05, 0) is 30.3 Å². The molecule has 1 aromatic heterocycles. The third kappa shape index (κ3) is 3.19. The highest BCUT2D eigenvalue weighted by Crippen LogP contribution is 2.34. The first-order valence-corrected chi connectivity index (χ1v) is 5.78. The second-order valence-electron chi connectivity index (χ2n) is 3.86. The Bertz CT molecular complexity index is 660. The van der Waals surface area contributed by atoms with E-state index in [2.05, 4.69) is 10.3 Å². The first-order chi connectivity index (χ1) is 9.40. The standard InChI is InChI=1S/C13H7ClF3N3/c14-9-2-4-12(19-7-9)20-10-3-1-8(6-18)11(5-10)13(15,16)17/h1-5,7H,(H,19,20). The number of nitrogens with zero attached hydrogens (tertiary/aromatic N) is 2. The van der Waals surface area contributed by atoms with Crippen LogP contribution in [0.5, 0.6) is 0 Å². The van der Waals surface area contributed by atoms with Crippen LogP contribution in [0.1, 0.15) is 11.1 Å². The fraction of sp³-hybridized carbons (Fsp3) is 0.0769. The largest absolute Gasteiger partial charge is 0.417 e. The lowest BCUT2D eigenvalue weighted by Crippen LogP contribution is -2.08. The van der Waals surface area contributed by atoms with Crippen LogP contribution < -0.4 is 5.32 Å². The summed E-state index contributed by atoms with van der Waals surface area (Å²) in [4.78, 5) is 3.92. The summed E-state index contributed by atoms with van der Waals surface area (Å²) in [6, 6.07) is 7.98. The van der Waals surface area contributed by atoms with E-state index in [9.17, 15) is 13.2 Å². The molecule has 0 aliphatic carbocycles. The van der Waals surface area contributed by atoms with Gasteiger partial charge in [-0.2, -0.15) is 18.4 Å². The van der Waals surface area contributed by atoms with Crippen molar-refractivity contribution in [2.24, 2.45) is 0 Å². The molecule has 1 N–H and O–H groups in total. The highest BCUT2D eigenvalue weighted by atomic mass is 35.5. The summed E-state index contributed by atoms with van der Waals surface area (Å²) < 4.78 is 38.4. The zero-order chi connectivity index (χ0) is 14.8. The highest BCUT2D eigenvalue weighted by molar-refractivity contribution is 6.30. The Morgan fingerprint density at radius 2 is 1.95 bits per heavy atom. The van der Waals surface area contributed by atoms with Crippen molar-refractivity contribution in [2.75, 3.05) is 5.32 Å². The van der Waals surface area contributed by atoms with Crippen LogP contribution in [0.15, 0.2) is 36.5 Å². The molecule has 3 nitrogen and oxygen atoms in total. The van der Waals surface area contributed by atoms with Gasteiger partial charge in [0.05, 0.1) is 22.2 Å². The normalized spacial score (nSPS) is 10.9. The van der Waals surface area contributed by atoms with Gasteiger partial charge in [-0.3, -0.25) is 0 Å². The lowest BCUT2D eigenvalue weighted by Gasteiger charge is -2.11. The Kier molecular flexibility index (Phi) is 3.81. The summed E-state index contributed by atoms with van der Waals surface area (Å²) in [6.07, 6.45) is -3.21. The minimum atomic E-state index is -4.59. The third-order valence-corrected chi connectivity index (χ3v) is 2.67. The van der Waals surface area contributed by atoms with Crippen molar-refractivity contribution in [2.45, 2.75) is 6.18 Å². The fourth-order valence-electron chi connectivity index (χ4n) is 1.55. The van der Waals surface area contributed by atoms with E-state index >= 15 is 0 Å². The zero-order valence-electron chi connectivity index (χ0n) is 9.87. The molecule has 0 aliphatic rings. The van der Waals surface area contributed by atoms with E-state index < -0.39 is 17.3 Å². The molecule has 0 unspecified atom stereocenters. The first kappa shape index (κ1) is 14.2. The number of pyridine rings is 1. The molecule has 1 heterocycles. The van der Waals surface area contributed by atoms with Crippen molar-refractivity contribution in [3.8, 4) is 6.07 Å². The van der Waals surface area contributed by atoms with Crippen molar-refractivity contribution >= 4 is 23.1 Å². The van der Waals surface area contributed by atoms with Crippen molar-refractivity contribution in [1.29, 1.82) is 5.26 Å². The molecule has 0 aliphatic heterocycles. The lowest BCUT2D eigenvalue weighted by molar-refractivity contribution is -0.137. The maximum Gasteiger partial charge on any atom is 0.417 e. The number of rotatable bonds is 2. The molecular weight excluding hydrogens is 291 g/mol. The summed E-state index contributed by atoms with van der Waals surface area (Å²) in [5, 5.41) is 11.8. The Morgan fingerprint density at radius 3 is 2.50 bits per heavy atom. The fourth-order valence-corrected chi connectivity index (χ4v) is 1.66. The maximum atomic E-state index is 12.8. The molecule has 2 aromatic rings. The second-order valence-corrected chi connectivity index (χ2v) is 4.29. The van der Waals surface area contributed by atoms with Gasteiger partial charge in [0.1, 0.15) is 5.82 Å². The molecule has 0 atom stereocenters. The van der Waals surface area contributed by atoms with Gasteiger partial charge in [-0.15, -0.1) is 0 Å². The van der Waals surface area contributed by atoms with Crippen LogP contribution in [0.3, 0.4) is 0 Å². The Labute approximate surface area is 117 Å². The van der Waals surface area contributed by atoms with Gasteiger partial charge >= 0.3 is 6.18 Å². The number of nitriles is 1. The molecule has 0 spiro atoms. The predicted molar refractivity (Wildman–Crippen MR) is 68.7 cm³/mol. The molecule has 0 saturated heterocycles. The average molecular weight is 298 g/mol. The Balaban J connectivity index is 2.34. The molecule has 7 heteroatoms. The van der Waals surface area contributed by atoms with Gasteiger partial charge in [0, 0.05) is 11.9 Å². The van der Waals surface area contributed by atoms with Crippen LogP contribution in [0, 0.1) is 11.3 Å². The molecule has 0 amide bonds. The number of aromatic nitrogens is 1. The van der Waals surface area contributed by atoms with Gasteiger partial charge in [-0.25, -0.2) is 4.98 Å². The van der Waals surface area contributed by atoms with Crippen molar-refractivity contribution in [3.05, 3.63) is 52.7 Å². The topological polar surface area (TPSA) is 48.7 Å². The number of alkyl halides is 3. The molecule has 0 bridgehead atoms. The van der Waals surface area contributed by atoms with E-state index in [1.54, 1.807) is 6.07 Å². The summed E-state index contributed by atoms with van der Waals surface area (Å²) in [5.74, 6) is 0.354. The van der Waals surface area contributed by atoms with Crippen LogP contribution >= 0.6 is 11.6 Å². The molecular formula is C13H7ClF3N3. The van der Waals surface area contributed by atoms with Gasteiger partial charge in [0.15, 0.2) is 0 Å². The van der Waals surface area contributed by atoms with Crippen molar-refractivity contribution in [1.82, 2.24) is 4.98 Å². The van der Waals surface area contributed by atoms with Crippen LogP contribution in [-0.2, 0) is 6.18 Å². The van der Waals surface area contributed by atoms with E-state index in [4.69, 9.17) is 16.9 Å². The number of hydrogen-bond acceptors (Lipinski definition) is 3. The van der Waals surface area contributed by atoms with Crippen molar-refractivity contribution < 1.29 is 13.2 Å². The molecule has 2 rings (SSSR count). The SMILES string of the molecule is N#Cc1ccc(Nc2ccc(Cl)cn2)cc1C(F)(F)F. The lowest BCUT2D eigenvalue weighted by atomic mass is 10.1. The molecule has 1 aromatic carbocycles. The second kappa shape index (κ2) is 5.39. The molecule has 20 heavy (non-hydrogen) atoms. The molecule has 0 radical (unpaired) electrons. The minimum Gasteiger partial charge on any atom is -0.340 e. The van der Waals surface area contributed by atoms with Crippen molar-refractivity contribution in [3.63, 3.8) is 0 Å². The number of anilines is 2. The van der Waals surface area contributed by atoms with E-state index in [0.29, 0.717) is 10.8 Å². The van der Waals surface area contributed by atoms with E-state index in [0.717, 1.165) is 12.1 Å². The Hall–Kier alpha value is -2.26. The van der Waals surface area contributed by atoms with E-state index in [1.807, 2.05) is 0 Å². The predicted octanol–water partition coefficient (Wildman–Crippen LogP) is 4.37. The number of nitrogens with one attached hydrogen (secondary N) is 1. The van der Waals surface area contributed by atoms with E-state index in [-0.39, 0.29) is 5.69 Å². The number of halogens is 4. The minimum absolute atomic E-state index is 0.186.